The molecule has 0 spiro atoms. The molecule has 0 aromatic carbocycles. The second kappa shape index (κ2) is 5.65. The third-order valence-corrected chi connectivity index (χ3v) is 1.00. The first-order valence-corrected chi connectivity index (χ1v) is 3.45. The lowest BCUT2D eigenvalue weighted by Crippen LogP contribution is -2.05. The molecule has 3 nitrogen and oxygen atoms in total. The predicted octanol–water partition coefficient (Wildman–Crippen LogP) is 1.08. The van der Waals surface area contributed by atoms with Crippen molar-refractivity contribution in [1.82, 2.24) is 0 Å². The van der Waals surface area contributed by atoms with E-state index in [0.717, 1.165) is 0 Å². The summed E-state index contributed by atoms with van der Waals surface area (Å²) in [6.45, 7) is 3.37. The van der Waals surface area contributed by atoms with Gasteiger partial charge >= 0.3 is 5.97 Å². The minimum Gasteiger partial charge on any atom is -0.462 e. The molecule has 0 aliphatic carbocycles. The van der Waals surface area contributed by atoms with E-state index in [0.29, 0.717) is 6.42 Å². The first-order valence-electron chi connectivity index (χ1n) is 3.45. The van der Waals surface area contributed by atoms with Crippen molar-refractivity contribution >= 4 is 11.8 Å². The van der Waals surface area contributed by atoms with E-state index in [9.17, 15) is 9.59 Å². The van der Waals surface area contributed by atoms with Crippen LogP contribution in [0.5, 0.6) is 0 Å². The number of carbonyl (C=O) groups is 2. The van der Waals surface area contributed by atoms with Crippen LogP contribution < -0.4 is 0 Å². The Kier molecular flexibility index (Phi) is 5.07. The number of ether oxygens (including phenoxy) is 1. The lowest BCUT2D eigenvalue weighted by Gasteiger charge is -1.97. The molecule has 0 atom stereocenters. The van der Waals surface area contributed by atoms with Crippen LogP contribution in [0.15, 0.2) is 12.2 Å². The third-order valence-electron chi connectivity index (χ3n) is 1.00. The molecule has 0 heterocycles. The van der Waals surface area contributed by atoms with Crippen molar-refractivity contribution in [1.29, 1.82) is 0 Å². The molecule has 0 bridgehead atoms. The maximum atomic E-state index is 10.6. The largest absolute Gasteiger partial charge is 0.462 e. The van der Waals surface area contributed by atoms with Crippen molar-refractivity contribution < 1.29 is 14.3 Å². The maximum Gasteiger partial charge on any atom is 0.330 e. The van der Waals surface area contributed by atoms with Crippen molar-refractivity contribution in [3.05, 3.63) is 12.2 Å². The molecule has 62 valence electrons. The Morgan fingerprint density at radius 3 is 2.55 bits per heavy atom. The van der Waals surface area contributed by atoms with Crippen molar-refractivity contribution in [2.24, 2.45) is 0 Å². The molecule has 0 saturated carbocycles. The minimum atomic E-state index is -0.395. The number of hydrogen-bond acceptors (Lipinski definition) is 3. The average Bonchev–Trinajstić information content (AvgIpc) is 1.87. The van der Waals surface area contributed by atoms with Crippen LogP contribution in [0.3, 0.4) is 0 Å². The molecular weight excluding hydrogens is 144 g/mol. The summed E-state index contributed by atoms with van der Waals surface area (Å²) in [4.78, 5) is 21.0. The number of Topliss-reactive ketones (excluding diaryl/α,β-unsaturated/α-hetero) is 1. The molecule has 11 heavy (non-hydrogen) atoms. The zero-order valence-corrected chi connectivity index (χ0v) is 6.79. The van der Waals surface area contributed by atoms with E-state index in [4.69, 9.17) is 0 Å². The van der Waals surface area contributed by atoms with Crippen LogP contribution in [0.2, 0.25) is 0 Å². The molecule has 0 rings (SSSR count). The second-order valence-electron chi connectivity index (χ2n) is 2.12. The van der Waals surface area contributed by atoms with Gasteiger partial charge in [-0.2, -0.15) is 0 Å². The number of carbonyl (C=O) groups excluding carboxylic acids is 2. The summed E-state index contributed by atoms with van der Waals surface area (Å²) in [5.41, 5.74) is 0. The van der Waals surface area contributed by atoms with Gasteiger partial charge in [0, 0.05) is 12.5 Å². The summed E-state index contributed by atoms with van der Waals surface area (Å²) in [5.74, 6) is -0.368. The van der Waals surface area contributed by atoms with E-state index in [1.807, 2.05) is 0 Å². The van der Waals surface area contributed by atoms with Crippen molar-refractivity contribution in [3.63, 3.8) is 0 Å². The van der Waals surface area contributed by atoms with E-state index in [1.54, 1.807) is 13.0 Å². The zero-order valence-electron chi connectivity index (χ0n) is 6.79. The second-order valence-corrected chi connectivity index (χ2v) is 2.12. The van der Waals surface area contributed by atoms with Crippen LogP contribution in [0.1, 0.15) is 20.3 Å². The molecular formula is C8H12O3. The molecule has 0 radical (unpaired) electrons. The Labute approximate surface area is 66.0 Å². The maximum absolute atomic E-state index is 10.6. The van der Waals surface area contributed by atoms with Crippen LogP contribution in [-0.4, -0.2) is 18.4 Å². The SMILES string of the molecule is CC=CC(=O)OCCC(C)=O. The predicted molar refractivity (Wildman–Crippen MR) is 41.1 cm³/mol. The highest BCUT2D eigenvalue weighted by atomic mass is 16.5. The summed E-state index contributed by atoms with van der Waals surface area (Å²) in [7, 11) is 0. The number of allylic oxidation sites excluding steroid dienone is 1. The number of esters is 1. The van der Waals surface area contributed by atoms with Gasteiger partial charge in [0.05, 0.1) is 6.61 Å². The smallest absolute Gasteiger partial charge is 0.330 e. The van der Waals surface area contributed by atoms with Crippen LogP contribution in [0.4, 0.5) is 0 Å². The van der Waals surface area contributed by atoms with Crippen LogP contribution in [0, 0.1) is 0 Å². The number of ketones is 1. The molecule has 0 N–H and O–H groups in total. The van der Waals surface area contributed by atoms with Gasteiger partial charge < -0.3 is 4.74 Å². The topological polar surface area (TPSA) is 43.4 Å². The van der Waals surface area contributed by atoms with Crippen LogP contribution >= 0.6 is 0 Å². The highest BCUT2D eigenvalue weighted by Gasteiger charge is 1.97. The van der Waals surface area contributed by atoms with E-state index in [1.165, 1.54) is 13.0 Å². The Hall–Kier alpha value is -1.12. The fourth-order valence-electron chi connectivity index (χ4n) is 0.480. The average molecular weight is 156 g/mol. The Morgan fingerprint density at radius 2 is 2.09 bits per heavy atom. The molecule has 0 aliphatic rings. The van der Waals surface area contributed by atoms with Gasteiger partial charge in [-0.25, -0.2) is 4.79 Å². The fraction of sp³-hybridized carbons (Fsp3) is 0.500. The van der Waals surface area contributed by atoms with Gasteiger partial charge in [0.1, 0.15) is 5.78 Å². The lowest BCUT2D eigenvalue weighted by atomic mass is 10.3. The highest BCUT2D eigenvalue weighted by molar-refractivity contribution is 5.82. The standard InChI is InChI=1S/C8H12O3/c1-3-4-8(10)11-6-5-7(2)9/h3-4H,5-6H2,1-2H3. The first-order chi connectivity index (χ1) is 5.16. The van der Waals surface area contributed by atoms with E-state index >= 15 is 0 Å². The Bertz CT molecular complexity index is 170. The zero-order chi connectivity index (χ0) is 8.69. The van der Waals surface area contributed by atoms with Gasteiger partial charge in [0.2, 0.25) is 0 Å². The molecule has 0 unspecified atom stereocenters. The van der Waals surface area contributed by atoms with Crippen molar-refractivity contribution in [3.8, 4) is 0 Å². The van der Waals surface area contributed by atoms with Gasteiger partial charge in [-0.05, 0) is 13.8 Å². The van der Waals surface area contributed by atoms with E-state index < -0.39 is 5.97 Å². The quantitative estimate of drug-likeness (QED) is 0.452. The van der Waals surface area contributed by atoms with Gasteiger partial charge in [0.15, 0.2) is 0 Å². The normalized spacial score (nSPS) is 10.0. The first kappa shape index (κ1) is 9.88. The van der Waals surface area contributed by atoms with Gasteiger partial charge in [0.25, 0.3) is 0 Å². The summed E-state index contributed by atoms with van der Waals surface area (Å²) < 4.78 is 4.65. The van der Waals surface area contributed by atoms with Crippen molar-refractivity contribution in [2.75, 3.05) is 6.61 Å². The molecule has 0 amide bonds. The van der Waals surface area contributed by atoms with Gasteiger partial charge in [-0.1, -0.05) is 6.08 Å². The highest BCUT2D eigenvalue weighted by Crippen LogP contribution is 1.86. The number of rotatable bonds is 4. The number of hydrogen-bond donors (Lipinski definition) is 0. The summed E-state index contributed by atoms with van der Waals surface area (Å²) in [5, 5.41) is 0. The molecule has 0 saturated heterocycles. The summed E-state index contributed by atoms with van der Waals surface area (Å²) >= 11 is 0. The third kappa shape index (κ3) is 6.77. The van der Waals surface area contributed by atoms with E-state index in [2.05, 4.69) is 4.74 Å². The van der Waals surface area contributed by atoms with E-state index in [-0.39, 0.29) is 12.4 Å². The lowest BCUT2D eigenvalue weighted by molar-refractivity contribution is -0.138. The molecule has 3 heteroatoms. The minimum absolute atomic E-state index is 0.0262. The fourth-order valence-corrected chi connectivity index (χ4v) is 0.480. The van der Waals surface area contributed by atoms with Gasteiger partial charge in [-0.3, -0.25) is 4.79 Å². The van der Waals surface area contributed by atoms with Crippen LogP contribution in [-0.2, 0) is 14.3 Å². The van der Waals surface area contributed by atoms with Gasteiger partial charge in [-0.15, -0.1) is 0 Å². The monoisotopic (exact) mass is 156 g/mol. The Balaban J connectivity index is 3.39. The molecule has 0 aromatic heterocycles. The molecule has 0 aromatic rings. The molecule has 0 fully saturated rings. The summed E-state index contributed by atoms with van der Waals surface area (Å²) in [6.07, 6.45) is 3.21. The Morgan fingerprint density at radius 1 is 1.45 bits per heavy atom. The molecule has 0 aliphatic heterocycles. The summed E-state index contributed by atoms with van der Waals surface area (Å²) in [6, 6.07) is 0. The van der Waals surface area contributed by atoms with Crippen LogP contribution in [0.25, 0.3) is 0 Å². The van der Waals surface area contributed by atoms with Crippen molar-refractivity contribution in [2.45, 2.75) is 20.3 Å².